The van der Waals surface area contributed by atoms with Crippen molar-refractivity contribution in [2.75, 3.05) is 11.5 Å². The van der Waals surface area contributed by atoms with E-state index in [2.05, 4.69) is 47.6 Å². The molecule has 1 aliphatic heterocycles. The van der Waals surface area contributed by atoms with E-state index >= 15 is 0 Å². The van der Waals surface area contributed by atoms with Gasteiger partial charge in [-0.2, -0.15) is 0 Å². The van der Waals surface area contributed by atoms with Crippen molar-refractivity contribution in [2.45, 2.75) is 59.3 Å². The molecule has 0 unspecified atom stereocenters. The summed E-state index contributed by atoms with van der Waals surface area (Å²) in [6, 6.07) is 15.2. The summed E-state index contributed by atoms with van der Waals surface area (Å²) in [7, 11) is 0. The minimum absolute atomic E-state index is 0.0394. The molecule has 0 spiro atoms. The maximum absolute atomic E-state index is 13.7. The molecule has 0 saturated heterocycles. The molecule has 0 atom stereocenters. The first kappa shape index (κ1) is 22.1. The Labute approximate surface area is 190 Å². The second-order valence-corrected chi connectivity index (χ2v) is 10.5. The molecule has 0 bridgehead atoms. The van der Waals surface area contributed by atoms with Gasteiger partial charge in [0.05, 0.1) is 12.3 Å². The van der Waals surface area contributed by atoms with E-state index in [1.54, 1.807) is 12.1 Å². The molecular weight excluding hydrogens is 398 g/mol. The van der Waals surface area contributed by atoms with Crippen LogP contribution < -0.4 is 9.64 Å². The van der Waals surface area contributed by atoms with Crippen molar-refractivity contribution < 1.29 is 14.3 Å². The number of benzene rings is 3. The Morgan fingerprint density at radius 3 is 2.06 bits per heavy atom. The molecular formula is C28H31NO3. The molecule has 166 valence electrons. The Kier molecular flexibility index (Phi) is 5.15. The van der Waals surface area contributed by atoms with Crippen LogP contribution in [-0.4, -0.2) is 18.4 Å². The maximum Gasteiger partial charge on any atom is 0.265 e. The smallest absolute Gasteiger partial charge is 0.265 e. The van der Waals surface area contributed by atoms with Crippen molar-refractivity contribution in [2.24, 2.45) is 0 Å². The van der Waals surface area contributed by atoms with Crippen molar-refractivity contribution >= 4 is 28.3 Å². The Bertz CT molecular complexity index is 1220. The van der Waals surface area contributed by atoms with Crippen LogP contribution >= 0.6 is 0 Å². The molecule has 2 amide bonds. The van der Waals surface area contributed by atoms with E-state index in [4.69, 9.17) is 4.74 Å². The topological polar surface area (TPSA) is 46.6 Å². The number of hydrogen-bond acceptors (Lipinski definition) is 3. The molecule has 3 aromatic rings. The van der Waals surface area contributed by atoms with Gasteiger partial charge in [-0.15, -0.1) is 0 Å². The highest BCUT2D eigenvalue weighted by Crippen LogP contribution is 2.41. The predicted molar refractivity (Wildman–Crippen MR) is 130 cm³/mol. The van der Waals surface area contributed by atoms with Crippen molar-refractivity contribution in [3.8, 4) is 5.75 Å². The van der Waals surface area contributed by atoms with E-state index < -0.39 is 0 Å². The van der Waals surface area contributed by atoms with Crippen molar-refractivity contribution in [1.29, 1.82) is 0 Å². The van der Waals surface area contributed by atoms with E-state index in [0.717, 1.165) is 10.9 Å². The van der Waals surface area contributed by atoms with Gasteiger partial charge in [-0.05, 0) is 53.1 Å². The number of carbonyl (C=O) groups excluding carboxylic acids is 2. The molecule has 0 saturated carbocycles. The number of rotatable bonds is 3. The fourth-order valence-corrected chi connectivity index (χ4v) is 4.37. The lowest BCUT2D eigenvalue weighted by atomic mass is 9.79. The largest absolute Gasteiger partial charge is 0.493 e. The van der Waals surface area contributed by atoms with Gasteiger partial charge in [0.15, 0.2) is 0 Å². The highest BCUT2D eigenvalue weighted by atomic mass is 16.5. The lowest BCUT2D eigenvalue weighted by Crippen LogP contribution is -2.41. The van der Waals surface area contributed by atoms with Gasteiger partial charge in [0.1, 0.15) is 5.75 Å². The monoisotopic (exact) mass is 429 g/mol. The molecule has 4 rings (SSSR count). The first-order valence-electron chi connectivity index (χ1n) is 11.2. The Balaban J connectivity index is 1.95. The molecule has 0 radical (unpaired) electrons. The van der Waals surface area contributed by atoms with Gasteiger partial charge in [-0.3, -0.25) is 9.59 Å². The summed E-state index contributed by atoms with van der Waals surface area (Å²) in [5, 5.41) is 1.47. The molecule has 0 fully saturated rings. The number of ether oxygens (including phenoxy) is 1. The zero-order valence-corrected chi connectivity index (χ0v) is 20.0. The summed E-state index contributed by atoms with van der Waals surface area (Å²) in [6.07, 6.45) is 0. The fraction of sp³-hybridized carbons (Fsp3) is 0.357. The SMILES string of the molecule is CCOc1ccc2c3c(cccc13)C(=O)N(c1ccc(C(C)(C)C)cc1C(C)(C)C)C2=O. The lowest BCUT2D eigenvalue weighted by Gasteiger charge is -2.33. The zero-order valence-electron chi connectivity index (χ0n) is 20.0. The molecule has 32 heavy (non-hydrogen) atoms. The van der Waals surface area contributed by atoms with Gasteiger partial charge >= 0.3 is 0 Å². The average molecular weight is 430 g/mol. The van der Waals surface area contributed by atoms with Gasteiger partial charge in [0, 0.05) is 21.9 Å². The third kappa shape index (κ3) is 3.48. The highest BCUT2D eigenvalue weighted by molar-refractivity contribution is 6.36. The Morgan fingerprint density at radius 2 is 1.47 bits per heavy atom. The van der Waals surface area contributed by atoms with E-state index in [1.165, 1.54) is 10.5 Å². The van der Waals surface area contributed by atoms with Crippen LogP contribution in [-0.2, 0) is 10.8 Å². The van der Waals surface area contributed by atoms with Crippen LogP contribution in [0, 0.1) is 0 Å². The minimum Gasteiger partial charge on any atom is -0.493 e. The number of anilines is 1. The number of hydrogen-bond donors (Lipinski definition) is 0. The first-order valence-corrected chi connectivity index (χ1v) is 11.2. The van der Waals surface area contributed by atoms with Crippen LogP contribution in [0.15, 0.2) is 48.5 Å². The summed E-state index contributed by atoms with van der Waals surface area (Å²) in [5.41, 5.74) is 3.57. The third-order valence-electron chi connectivity index (χ3n) is 6.08. The summed E-state index contributed by atoms with van der Waals surface area (Å²) in [6.45, 7) is 15.3. The van der Waals surface area contributed by atoms with Gasteiger partial charge in [-0.25, -0.2) is 4.90 Å². The third-order valence-corrected chi connectivity index (χ3v) is 6.08. The van der Waals surface area contributed by atoms with E-state index in [1.807, 2.05) is 37.3 Å². The normalized spacial score (nSPS) is 14.3. The summed E-state index contributed by atoms with van der Waals surface area (Å²) in [4.78, 5) is 28.8. The van der Waals surface area contributed by atoms with Gasteiger partial charge in [-0.1, -0.05) is 65.8 Å². The quantitative estimate of drug-likeness (QED) is 0.439. The van der Waals surface area contributed by atoms with E-state index in [0.29, 0.717) is 34.6 Å². The first-order chi connectivity index (χ1) is 14.9. The maximum atomic E-state index is 13.7. The van der Waals surface area contributed by atoms with Crippen molar-refractivity contribution in [3.63, 3.8) is 0 Å². The van der Waals surface area contributed by atoms with Crippen molar-refractivity contribution in [3.05, 3.63) is 70.8 Å². The van der Waals surface area contributed by atoms with Crippen LogP contribution in [0.4, 0.5) is 5.69 Å². The van der Waals surface area contributed by atoms with Crippen LogP contribution in [0.3, 0.4) is 0 Å². The molecule has 0 N–H and O–H groups in total. The standard InChI is InChI=1S/C28H31NO3/c1-8-32-23-15-13-20-24-18(23)10-9-11-19(24)25(30)29(26(20)31)22-14-12-17(27(2,3)4)16-21(22)28(5,6)7/h9-16H,8H2,1-7H3. The lowest BCUT2D eigenvalue weighted by molar-refractivity contribution is 0.0893. The van der Waals surface area contributed by atoms with Crippen molar-refractivity contribution in [1.82, 2.24) is 0 Å². The van der Waals surface area contributed by atoms with Crippen LogP contribution in [0.5, 0.6) is 5.75 Å². The summed E-state index contributed by atoms with van der Waals surface area (Å²) >= 11 is 0. The number of amides is 2. The van der Waals surface area contributed by atoms with Gasteiger partial charge in [0.25, 0.3) is 11.8 Å². The number of imide groups is 1. The molecule has 0 aliphatic carbocycles. The Hall–Kier alpha value is -3.14. The van der Waals surface area contributed by atoms with E-state index in [-0.39, 0.29) is 22.6 Å². The fourth-order valence-electron chi connectivity index (χ4n) is 4.37. The molecule has 4 heteroatoms. The summed E-state index contributed by atoms with van der Waals surface area (Å²) in [5.74, 6) is 0.0959. The van der Waals surface area contributed by atoms with Gasteiger partial charge in [0.2, 0.25) is 0 Å². The second-order valence-electron chi connectivity index (χ2n) is 10.5. The number of carbonyl (C=O) groups is 2. The van der Waals surface area contributed by atoms with E-state index in [9.17, 15) is 9.59 Å². The second kappa shape index (κ2) is 7.47. The van der Waals surface area contributed by atoms with Gasteiger partial charge < -0.3 is 4.74 Å². The molecule has 1 aliphatic rings. The predicted octanol–water partition coefficient (Wildman–Crippen LogP) is 6.63. The highest BCUT2D eigenvalue weighted by Gasteiger charge is 2.37. The summed E-state index contributed by atoms with van der Waals surface area (Å²) < 4.78 is 5.75. The number of nitrogens with zero attached hydrogens (tertiary/aromatic N) is 1. The average Bonchev–Trinajstić information content (AvgIpc) is 2.71. The zero-order chi connectivity index (χ0) is 23.4. The van der Waals surface area contributed by atoms with Crippen LogP contribution in [0.1, 0.15) is 80.3 Å². The van der Waals surface area contributed by atoms with Crippen LogP contribution in [0.25, 0.3) is 10.8 Å². The Morgan fingerprint density at radius 1 is 0.812 bits per heavy atom. The molecule has 0 aromatic heterocycles. The molecule has 1 heterocycles. The molecule has 4 nitrogen and oxygen atoms in total. The molecule has 3 aromatic carbocycles. The minimum atomic E-state index is -0.296. The van der Waals surface area contributed by atoms with Crippen LogP contribution in [0.2, 0.25) is 0 Å².